The molecule has 0 saturated carbocycles. The molecule has 0 unspecified atom stereocenters. The first-order valence-electron chi connectivity index (χ1n) is 9.20. The van der Waals surface area contributed by atoms with Crippen LogP contribution in [0.25, 0.3) is 0 Å². The van der Waals surface area contributed by atoms with Gasteiger partial charge in [0.1, 0.15) is 29.1 Å². The van der Waals surface area contributed by atoms with Gasteiger partial charge in [-0.2, -0.15) is 5.26 Å². The molecule has 2 N–H and O–H groups in total. The Bertz CT molecular complexity index is 974. The number of Topliss-reactive ketones (excluding diaryl/α,β-unsaturated/α-hetero) is 1. The minimum absolute atomic E-state index is 0.0160. The number of phenols is 1. The van der Waals surface area contributed by atoms with E-state index in [0.29, 0.717) is 11.1 Å². The molecule has 0 fully saturated rings. The van der Waals surface area contributed by atoms with Crippen molar-refractivity contribution < 1.29 is 19.1 Å². The third-order valence-electron chi connectivity index (χ3n) is 4.36. The number of nitriles is 1. The van der Waals surface area contributed by atoms with E-state index in [-0.39, 0.29) is 35.6 Å². The van der Waals surface area contributed by atoms with E-state index in [0.717, 1.165) is 0 Å². The highest BCUT2D eigenvalue weighted by molar-refractivity contribution is 5.93. The summed E-state index contributed by atoms with van der Waals surface area (Å²) in [6.45, 7) is 7.13. The summed E-state index contributed by atoms with van der Waals surface area (Å²) in [4.78, 5) is 28.4. The normalized spacial score (nSPS) is 12.1. The first kappa shape index (κ1) is 22.0. The van der Waals surface area contributed by atoms with Crippen molar-refractivity contribution in [3.8, 4) is 11.8 Å². The van der Waals surface area contributed by atoms with Gasteiger partial charge in [0.2, 0.25) is 0 Å². The fraction of sp³-hybridized carbons (Fsp3) is 0.364. The van der Waals surface area contributed by atoms with Gasteiger partial charge in [0.15, 0.2) is 0 Å². The zero-order valence-corrected chi connectivity index (χ0v) is 16.9. The van der Waals surface area contributed by atoms with Crippen molar-refractivity contribution in [2.24, 2.45) is 0 Å². The number of phenolic OH excluding ortho intramolecular Hbond substituents is 1. The second-order valence-electron chi connectivity index (χ2n) is 7.98. The van der Waals surface area contributed by atoms with Gasteiger partial charge in [-0.05, 0) is 47.7 Å². The number of benzene rings is 1. The van der Waals surface area contributed by atoms with E-state index in [9.17, 15) is 19.1 Å². The zero-order valence-electron chi connectivity index (χ0n) is 16.9. The van der Waals surface area contributed by atoms with Crippen LogP contribution in [0.4, 0.5) is 4.39 Å². The highest BCUT2D eigenvalue weighted by Gasteiger charge is 2.21. The van der Waals surface area contributed by atoms with E-state index in [2.05, 4.69) is 10.3 Å². The smallest absolute Gasteiger partial charge is 0.270 e. The molecule has 0 aliphatic carbocycles. The molecule has 0 bridgehead atoms. The van der Waals surface area contributed by atoms with Gasteiger partial charge >= 0.3 is 0 Å². The van der Waals surface area contributed by atoms with Gasteiger partial charge in [0.05, 0.1) is 6.07 Å². The fourth-order valence-corrected chi connectivity index (χ4v) is 2.86. The largest absolute Gasteiger partial charge is 0.508 e. The van der Waals surface area contributed by atoms with Gasteiger partial charge in [-0.1, -0.05) is 20.8 Å². The number of aromatic nitrogens is 1. The Hall–Kier alpha value is -3.27. The monoisotopic (exact) mass is 397 g/mol. The van der Waals surface area contributed by atoms with Crippen LogP contribution in [0.15, 0.2) is 30.5 Å². The number of hydrogen-bond donors (Lipinski definition) is 2. The van der Waals surface area contributed by atoms with Gasteiger partial charge < -0.3 is 10.4 Å². The van der Waals surface area contributed by atoms with Crippen LogP contribution in [-0.4, -0.2) is 27.8 Å². The molecule has 2 aromatic rings. The molecule has 7 heteroatoms. The number of ketones is 1. The summed E-state index contributed by atoms with van der Waals surface area (Å²) in [6, 6.07) is 6.85. The maximum Gasteiger partial charge on any atom is 0.270 e. The molecule has 1 atom stereocenters. The van der Waals surface area contributed by atoms with Crippen LogP contribution >= 0.6 is 0 Å². The maximum atomic E-state index is 14.4. The third kappa shape index (κ3) is 5.85. The number of pyridine rings is 1. The molecule has 2 rings (SSSR count). The van der Waals surface area contributed by atoms with E-state index in [1.54, 1.807) is 13.0 Å². The summed E-state index contributed by atoms with van der Waals surface area (Å²) in [6.07, 6.45) is 1.20. The minimum atomic E-state index is -0.665. The number of carbonyl (C=O) groups is 2. The van der Waals surface area contributed by atoms with Crippen LogP contribution in [0.2, 0.25) is 0 Å². The molecule has 29 heavy (non-hydrogen) atoms. The average molecular weight is 397 g/mol. The Morgan fingerprint density at radius 1 is 1.28 bits per heavy atom. The summed E-state index contributed by atoms with van der Waals surface area (Å²) in [7, 11) is 0. The number of nitrogens with one attached hydrogen (secondary N) is 1. The Morgan fingerprint density at radius 3 is 2.59 bits per heavy atom. The molecule has 0 saturated heterocycles. The quantitative estimate of drug-likeness (QED) is 0.779. The van der Waals surface area contributed by atoms with Crippen molar-refractivity contribution in [2.75, 3.05) is 0 Å². The molecule has 0 radical (unpaired) electrons. The summed E-state index contributed by atoms with van der Waals surface area (Å²) < 4.78 is 14.4. The molecule has 0 aliphatic rings. The summed E-state index contributed by atoms with van der Waals surface area (Å²) >= 11 is 0. The number of amides is 1. The van der Waals surface area contributed by atoms with Crippen molar-refractivity contribution in [1.29, 1.82) is 5.26 Å². The van der Waals surface area contributed by atoms with E-state index in [1.165, 1.54) is 24.4 Å². The van der Waals surface area contributed by atoms with Crippen LogP contribution in [-0.2, 0) is 23.1 Å². The van der Waals surface area contributed by atoms with E-state index < -0.39 is 23.2 Å². The van der Waals surface area contributed by atoms with Gasteiger partial charge in [-0.25, -0.2) is 4.39 Å². The van der Waals surface area contributed by atoms with E-state index >= 15 is 0 Å². The number of rotatable bonds is 6. The maximum absolute atomic E-state index is 14.4. The molecule has 152 valence electrons. The number of halogens is 1. The lowest BCUT2D eigenvalue weighted by atomic mass is 9.85. The van der Waals surface area contributed by atoms with Crippen molar-refractivity contribution in [3.63, 3.8) is 0 Å². The van der Waals surface area contributed by atoms with Crippen molar-refractivity contribution in [1.82, 2.24) is 10.3 Å². The highest BCUT2D eigenvalue weighted by Crippen LogP contribution is 2.32. The summed E-state index contributed by atoms with van der Waals surface area (Å²) in [5.74, 6) is -1.37. The fourth-order valence-electron chi connectivity index (χ4n) is 2.86. The summed E-state index contributed by atoms with van der Waals surface area (Å²) in [5.41, 5.74) is 0.814. The molecular weight excluding hydrogens is 373 g/mol. The van der Waals surface area contributed by atoms with Gasteiger partial charge in [0.25, 0.3) is 5.91 Å². The third-order valence-corrected chi connectivity index (χ3v) is 4.36. The van der Waals surface area contributed by atoms with Crippen molar-refractivity contribution in [2.45, 2.75) is 52.0 Å². The Balaban J connectivity index is 2.12. The standard InChI is InChI=1S/C22H24FN3O3/c1-13(12-24)26-21(29)19-8-14(5-6-25-19)7-16(27)9-15-10-20(28)17(11-18(15)23)22(2,3)4/h5-6,8,10-11,13,28H,7,9H2,1-4H3,(H,26,29)/t13-/m0/s1. The van der Waals surface area contributed by atoms with Crippen LogP contribution in [0, 0.1) is 17.1 Å². The number of carbonyl (C=O) groups excluding carboxylic acids is 2. The predicted molar refractivity (Wildman–Crippen MR) is 106 cm³/mol. The SMILES string of the molecule is C[C@@H](C#N)NC(=O)c1cc(CC(=O)Cc2cc(O)c(C(C)(C)C)cc2F)ccn1. The van der Waals surface area contributed by atoms with Gasteiger partial charge in [-0.3, -0.25) is 14.6 Å². The molecule has 1 heterocycles. The van der Waals surface area contributed by atoms with Gasteiger partial charge in [-0.15, -0.1) is 0 Å². The van der Waals surface area contributed by atoms with E-state index in [4.69, 9.17) is 5.26 Å². The molecule has 1 amide bonds. The molecule has 0 aliphatic heterocycles. The second kappa shape index (κ2) is 8.82. The number of aromatic hydroxyl groups is 1. The van der Waals surface area contributed by atoms with Crippen LogP contribution < -0.4 is 5.32 Å². The Morgan fingerprint density at radius 2 is 1.97 bits per heavy atom. The van der Waals surface area contributed by atoms with Crippen molar-refractivity contribution >= 4 is 11.7 Å². The van der Waals surface area contributed by atoms with Crippen molar-refractivity contribution in [3.05, 3.63) is 58.7 Å². The average Bonchev–Trinajstić information content (AvgIpc) is 2.63. The minimum Gasteiger partial charge on any atom is -0.508 e. The lowest BCUT2D eigenvalue weighted by Gasteiger charge is -2.21. The Kier molecular flexibility index (Phi) is 6.70. The van der Waals surface area contributed by atoms with Crippen LogP contribution in [0.1, 0.15) is 54.9 Å². The first-order valence-corrected chi connectivity index (χ1v) is 9.20. The highest BCUT2D eigenvalue weighted by atomic mass is 19.1. The van der Waals surface area contributed by atoms with Gasteiger partial charge in [0, 0.05) is 24.6 Å². The van der Waals surface area contributed by atoms with Crippen LogP contribution in [0.3, 0.4) is 0 Å². The van der Waals surface area contributed by atoms with E-state index in [1.807, 2.05) is 26.8 Å². The summed E-state index contributed by atoms with van der Waals surface area (Å²) in [5, 5.41) is 21.4. The molecular formula is C22H24FN3O3. The second-order valence-corrected chi connectivity index (χ2v) is 7.98. The number of nitrogens with zero attached hydrogens (tertiary/aromatic N) is 2. The lowest BCUT2D eigenvalue weighted by Crippen LogP contribution is -2.32. The molecule has 1 aromatic heterocycles. The Labute approximate surface area is 169 Å². The zero-order chi connectivity index (χ0) is 21.8. The lowest BCUT2D eigenvalue weighted by molar-refractivity contribution is -0.117. The predicted octanol–water partition coefficient (Wildman–Crippen LogP) is 3.22. The topological polar surface area (TPSA) is 103 Å². The van der Waals surface area contributed by atoms with Crippen LogP contribution in [0.5, 0.6) is 5.75 Å². The number of hydrogen-bond acceptors (Lipinski definition) is 5. The first-order chi connectivity index (χ1) is 13.5. The molecule has 6 nitrogen and oxygen atoms in total. The molecule has 1 aromatic carbocycles. The molecule has 0 spiro atoms.